The van der Waals surface area contributed by atoms with Gasteiger partial charge in [0, 0.05) is 5.56 Å². The molecule has 2 N–H and O–H groups in total. The van der Waals surface area contributed by atoms with Crippen LogP contribution in [0.5, 0.6) is 0 Å². The lowest BCUT2D eigenvalue weighted by Gasteiger charge is -2.25. The third kappa shape index (κ3) is 5.63. The minimum absolute atomic E-state index is 0.214. The van der Waals surface area contributed by atoms with E-state index in [9.17, 15) is 14.3 Å². The number of carbonyl (C=O) groups excluding carboxylic acids is 1. The van der Waals surface area contributed by atoms with E-state index in [0.717, 1.165) is 30.4 Å². The highest BCUT2D eigenvalue weighted by Gasteiger charge is 2.25. The van der Waals surface area contributed by atoms with Crippen molar-refractivity contribution in [3.8, 4) is 0 Å². The maximum absolute atomic E-state index is 13.5. The third-order valence-corrected chi connectivity index (χ3v) is 6.55. The first kappa shape index (κ1) is 23.9. The van der Waals surface area contributed by atoms with Gasteiger partial charge in [-0.25, -0.2) is 4.39 Å². The van der Waals surface area contributed by atoms with Gasteiger partial charge in [0.1, 0.15) is 5.82 Å². The molecule has 0 fully saturated rings. The van der Waals surface area contributed by atoms with Crippen LogP contribution in [0.1, 0.15) is 76.9 Å². The number of hydrogen-bond acceptors (Lipinski definition) is 2. The first-order chi connectivity index (χ1) is 16.4. The molecule has 3 aromatic carbocycles. The van der Waals surface area contributed by atoms with Crippen molar-refractivity contribution in [1.29, 1.82) is 0 Å². The first-order valence-electron chi connectivity index (χ1n) is 12.0. The van der Waals surface area contributed by atoms with Gasteiger partial charge in [0.15, 0.2) is 0 Å². The lowest BCUT2D eigenvalue weighted by molar-refractivity contribution is 0.0832. The summed E-state index contributed by atoms with van der Waals surface area (Å²) in [5.41, 5.74) is 5.55. The quantitative estimate of drug-likeness (QED) is 0.433. The van der Waals surface area contributed by atoms with E-state index >= 15 is 0 Å². The summed E-state index contributed by atoms with van der Waals surface area (Å²) in [6, 6.07) is 19.3. The lowest BCUT2D eigenvalue weighted by atomic mass is 9.93. The number of nitrogens with one attached hydrogen (secondary N) is 1. The standard InChI is InChI=1S/C30H32FNO2/c1-20(2)22-13-11-21(12-14-22)19-28(29(33)24-15-17-25(31)18-16-24)32-30(34)27-10-6-8-23-7-4-3-5-9-26(23)27/h5-6,8-18,20,28-29,33H,3-4,7,19H2,1-2H3,(H,32,34). The Bertz CT molecular complexity index is 1150. The highest BCUT2D eigenvalue weighted by Crippen LogP contribution is 2.25. The van der Waals surface area contributed by atoms with Gasteiger partial charge >= 0.3 is 0 Å². The number of benzene rings is 3. The molecule has 0 bridgehead atoms. The normalized spacial score (nSPS) is 14.9. The Hall–Kier alpha value is -3.24. The number of aliphatic hydroxyl groups excluding tert-OH is 1. The van der Waals surface area contributed by atoms with Gasteiger partial charge in [0.2, 0.25) is 0 Å². The zero-order valence-electron chi connectivity index (χ0n) is 19.8. The largest absolute Gasteiger partial charge is 0.386 e. The average molecular weight is 458 g/mol. The van der Waals surface area contributed by atoms with Gasteiger partial charge in [-0.2, -0.15) is 0 Å². The van der Waals surface area contributed by atoms with Crippen LogP contribution in [-0.2, 0) is 12.8 Å². The molecule has 3 nitrogen and oxygen atoms in total. The predicted octanol–water partition coefficient (Wildman–Crippen LogP) is 6.37. The van der Waals surface area contributed by atoms with Gasteiger partial charge in [-0.15, -0.1) is 0 Å². The fourth-order valence-corrected chi connectivity index (χ4v) is 4.51. The van der Waals surface area contributed by atoms with Crippen LogP contribution >= 0.6 is 0 Å². The SMILES string of the molecule is CC(C)c1ccc(CC(NC(=O)c2cccc3c2C=CCCC3)C(O)c2ccc(F)cc2)cc1. The molecule has 0 radical (unpaired) electrons. The fourth-order valence-electron chi connectivity index (χ4n) is 4.51. The highest BCUT2D eigenvalue weighted by molar-refractivity contribution is 5.98. The summed E-state index contributed by atoms with van der Waals surface area (Å²) in [6.07, 6.45) is 6.62. The lowest BCUT2D eigenvalue weighted by Crippen LogP contribution is -2.41. The zero-order chi connectivity index (χ0) is 24.1. The van der Waals surface area contributed by atoms with Crippen LogP contribution in [-0.4, -0.2) is 17.1 Å². The average Bonchev–Trinajstić information content (AvgIpc) is 3.09. The number of allylic oxidation sites excluding steroid dienone is 1. The summed E-state index contributed by atoms with van der Waals surface area (Å²) >= 11 is 0. The van der Waals surface area contributed by atoms with E-state index in [-0.39, 0.29) is 11.7 Å². The second-order valence-electron chi connectivity index (χ2n) is 9.35. The van der Waals surface area contributed by atoms with E-state index in [1.54, 1.807) is 12.1 Å². The van der Waals surface area contributed by atoms with Crippen molar-refractivity contribution in [3.05, 3.63) is 112 Å². The van der Waals surface area contributed by atoms with E-state index in [4.69, 9.17) is 0 Å². The number of carbonyl (C=O) groups is 1. The number of hydrogen-bond donors (Lipinski definition) is 2. The first-order valence-corrected chi connectivity index (χ1v) is 12.0. The molecule has 3 aromatic rings. The smallest absolute Gasteiger partial charge is 0.252 e. The Morgan fingerprint density at radius 1 is 1.00 bits per heavy atom. The van der Waals surface area contributed by atoms with E-state index < -0.39 is 12.1 Å². The summed E-state index contributed by atoms with van der Waals surface area (Å²) in [6.45, 7) is 4.29. The van der Waals surface area contributed by atoms with Crippen LogP contribution in [0.4, 0.5) is 4.39 Å². The van der Waals surface area contributed by atoms with E-state index in [1.165, 1.54) is 23.3 Å². The molecule has 0 heterocycles. The van der Waals surface area contributed by atoms with Crippen LogP contribution in [0.3, 0.4) is 0 Å². The predicted molar refractivity (Wildman–Crippen MR) is 135 cm³/mol. The molecule has 2 unspecified atom stereocenters. The van der Waals surface area contributed by atoms with Crippen LogP contribution in [0.2, 0.25) is 0 Å². The molecular weight excluding hydrogens is 425 g/mol. The van der Waals surface area contributed by atoms with Crippen LogP contribution in [0.15, 0.2) is 72.8 Å². The second-order valence-corrected chi connectivity index (χ2v) is 9.35. The summed E-state index contributed by atoms with van der Waals surface area (Å²) in [5.74, 6) is -0.149. The van der Waals surface area contributed by atoms with Crippen molar-refractivity contribution in [3.63, 3.8) is 0 Å². The number of halogens is 1. The molecule has 0 saturated carbocycles. The topological polar surface area (TPSA) is 49.3 Å². The van der Waals surface area contributed by atoms with E-state index in [2.05, 4.69) is 43.4 Å². The number of fused-ring (bicyclic) bond motifs is 1. The molecule has 0 aromatic heterocycles. The molecular formula is C30H32FNO2. The van der Waals surface area contributed by atoms with Crippen molar-refractivity contribution >= 4 is 12.0 Å². The maximum atomic E-state index is 13.5. The van der Waals surface area contributed by atoms with Gasteiger partial charge in [-0.1, -0.05) is 74.5 Å². The minimum Gasteiger partial charge on any atom is -0.386 e. The molecule has 34 heavy (non-hydrogen) atoms. The monoisotopic (exact) mass is 457 g/mol. The highest BCUT2D eigenvalue weighted by atomic mass is 19.1. The molecule has 1 amide bonds. The Labute approximate surface area is 201 Å². The number of rotatable bonds is 7. The van der Waals surface area contributed by atoms with Gasteiger partial charge in [0.05, 0.1) is 12.1 Å². The third-order valence-electron chi connectivity index (χ3n) is 6.55. The second kappa shape index (κ2) is 10.8. The summed E-state index contributed by atoms with van der Waals surface area (Å²) in [4.78, 5) is 13.4. The van der Waals surface area contributed by atoms with Crippen LogP contribution < -0.4 is 5.32 Å². The molecule has 0 spiro atoms. The minimum atomic E-state index is -0.979. The number of aryl methyl sites for hydroxylation is 1. The molecule has 0 saturated heterocycles. The summed E-state index contributed by atoms with van der Waals surface area (Å²) in [5, 5.41) is 14.3. The molecule has 4 heteroatoms. The van der Waals surface area contributed by atoms with Gasteiger partial charge in [-0.05, 0) is 77.6 Å². The van der Waals surface area contributed by atoms with Crippen molar-refractivity contribution in [2.24, 2.45) is 0 Å². The summed E-state index contributed by atoms with van der Waals surface area (Å²) < 4.78 is 13.5. The molecule has 2 atom stereocenters. The fraction of sp³-hybridized carbons (Fsp3) is 0.300. The molecule has 1 aliphatic carbocycles. The Morgan fingerprint density at radius 3 is 2.41 bits per heavy atom. The molecule has 4 rings (SSSR count). The Morgan fingerprint density at radius 2 is 1.71 bits per heavy atom. The summed E-state index contributed by atoms with van der Waals surface area (Å²) in [7, 11) is 0. The Kier molecular flexibility index (Phi) is 7.59. The molecule has 1 aliphatic rings. The number of amides is 1. The zero-order valence-corrected chi connectivity index (χ0v) is 19.8. The van der Waals surface area contributed by atoms with Gasteiger partial charge < -0.3 is 10.4 Å². The van der Waals surface area contributed by atoms with Crippen LogP contribution in [0.25, 0.3) is 6.08 Å². The van der Waals surface area contributed by atoms with Crippen molar-refractivity contribution in [2.45, 2.75) is 57.6 Å². The van der Waals surface area contributed by atoms with Crippen molar-refractivity contribution < 1.29 is 14.3 Å². The maximum Gasteiger partial charge on any atom is 0.252 e. The van der Waals surface area contributed by atoms with Crippen molar-refractivity contribution in [2.75, 3.05) is 0 Å². The number of aliphatic hydroxyl groups is 1. The van der Waals surface area contributed by atoms with Crippen molar-refractivity contribution in [1.82, 2.24) is 5.32 Å². The molecule has 0 aliphatic heterocycles. The van der Waals surface area contributed by atoms with Gasteiger partial charge in [0.25, 0.3) is 5.91 Å². The van der Waals surface area contributed by atoms with E-state index in [1.807, 2.05) is 30.3 Å². The van der Waals surface area contributed by atoms with Crippen LogP contribution in [0, 0.1) is 5.82 Å². The Balaban J connectivity index is 1.62. The molecule has 176 valence electrons. The van der Waals surface area contributed by atoms with E-state index in [0.29, 0.717) is 23.5 Å². The van der Waals surface area contributed by atoms with Gasteiger partial charge in [-0.3, -0.25) is 4.79 Å².